The Morgan fingerprint density at radius 3 is 2.41 bits per heavy atom. The molecule has 0 heterocycles. The van der Waals surface area contributed by atoms with E-state index >= 15 is 0 Å². The molecule has 0 spiro atoms. The van der Waals surface area contributed by atoms with Crippen molar-refractivity contribution in [1.82, 2.24) is 0 Å². The number of carbonyl (C=O) groups excluding carboxylic acids is 1. The van der Waals surface area contributed by atoms with Gasteiger partial charge in [-0.3, -0.25) is 14.9 Å². The number of nitrogens with zero attached hydrogens (tertiary/aromatic N) is 1. The first-order valence-corrected chi connectivity index (χ1v) is 6.94. The molecule has 0 saturated heterocycles. The van der Waals surface area contributed by atoms with Crippen molar-refractivity contribution in [3.63, 3.8) is 0 Å². The van der Waals surface area contributed by atoms with Crippen LogP contribution in [0.5, 0.6) is 0 Å². The highest BCUT2D eigenvalue weighted by Crippen LogP contribution is 2.39. The summed E-state index contributed by atoms with van der Waals surface area (Å²) in [6.45, 7) is 1.54. The van der Waals surface area contributed by atoms with Gasteiger partial charge in [0.05, 0.1) is 10.3 Å². The third kappa shape index (κ3) is 1.55. The summed E-state index contributed by atoms with van der Waals surface area (Å²) in [7, 11) is 0. The lowest BCUT2D eigenvalue weighted by Crippen LogP contribution is -1.97. The van der Waals surface area contributed by atoms with Gasteiger partial charge in [-0.15, -0.1) is 0 Å². The zero-order chi connectivity index (χ0) is 15.4. The third-order valence-corrected chi connectivity index (χ3v) is 4.20. The van der Waals surface area contributed by atoms with E-state index in [0.29, 0.717) is 10.9 Å². The van der Waals surface area contributed by atoms with Crippen molar-refractivity contribution >= 4 is 43.8 Å². The zero-order valence-electron chi connectivity index (χ0n) is 11.8. The molecule has 106 valence electrons. The lowest BCUT2D eigenvalue weighted by Gasteiger charge is -2.13. The molecule has 0 aliphatic rings. The fourth-order valence-corrected chi connectivity index (χ4v) is 3.26. The van der Waals surface area contributed by atoms with Gasteiger partial charge in [-0.1, -0.05) is 24.3 Å². The van der Waals surface area contributed by atoms with E-state index in [0.717, 1.165) is 26.9 Å². The summed E-state index contributed by atoms with van der Waals surface area (Å²) in [5.41, 5.74) is 0.745. The van der Waals surface area contributed by atoms with E-state index in [9.17, 15) is 14.9 Å². The molecular formula is C18H11NO3. The van der Waals surface area contributed by atoms with Crippen LogP contribution in [0.1, 0.15) is 17.3 Å². The first kappa shape index (κ1) is 12.7. The third-order valence-electron chi connectivity index (χ3n) is 4.20. The van der Waals surface area contributed by atoms with Gasteiger partial charge in [0.1, 0.15) is 0 Å². The average molecular weight is 289 g/mol. The molecule has 0 fully saturated rings. The summed E-state index contributed by atoms with van der Waals surface area (Å²) in [5.74, 6) is -0.00601. The second kappa shape index (κ2) is 4.24. The van der Waals surface area contributed by atoms with Crippen LogP contribution >= 0.6 is 0 Å². The minimum absolute atomic E-state index is 0.00601. The Balaban J connectivity index is 2.36. The van der Waals surface area contributed by atoms with Crippen molar-refractivity contribution in [3.8, 4) is 0 Å². The largest absolute Gasteiger partial charge is 0.294 e. The summed E-state index contributed by atoms with van der Waals surface area (Å²) in [4.78, 5) is 22.9. The molecular weight excluding hydrogens is 278 g/mol. The summed E-state index contributed by atoms with van der Waals surface area (Å²) >= 11 is 0. The number of non-ortho nitro benzene ring substituents is 1. The Labute approximate surface area is 125 Å². The fraction of sp³-hybridized carbons (Fsp3) is 0.0556. The van der Waals surface area contributed by atoms with E-state index in [4.69, 9.17) is 0 Å². The highest BCUT2D eigenvalue weighted by Gasteiger charge is 2.19. The van der Waals surface area contributed by atoms with Crippen LogP contribution in [0.3, 0.4) is 0 Å². The molecule has 0 bridgehead atoms. The Morgan fingerprint density at radius 2 is 1.68 bits per heavy atom. The van der Waals surface area contributed by atoms with Crippen LogP contribution in [0.2, 0.25) is 0 Å². The molecule has 4 nitrogen and oxygen atoms in total. The summed E-state index contributed by atoms with van der Waals surface area (Å²) in [6.07, 6.45) is 0. The van der Waals surface area contributed by atoms with E-state index in [1.165, 1.54) is 6.07 Å². The topological polar surface area (TPSA) is 60.2 Å². The summed E-state index contributed by atoms with van der Waals surface area (Å²) in [5, 5.41) is 16.4. The van der Waals surface area contributed by atoms with Crippen LogP contribution in [0.25, 0.3) is 32.3 Å². The van der Waals surface area contributed by atoms with Crippen molar-refractivity contribution in [3.05, 3.63) is 64.2 Å². The minimum Gasteiger partial charge on any atom is -0.294 e. The normalized spacial score (nSPS) is 11.5. The van der Waals surface area contributed by atoms with Gasteiger partial charge in [-0.25, -0.2) is 0 Å². The van der Waals surface area contributed by atoms with Crippen LogP contribution in [0.4, 0.5) is 5.69 Å². The average Bonchev–Trinajstić information content (AvgIpc) is 2.51. The Bertz CT molecular complexity index is 1080. The Hall–Kier alpha value is -3.01. The van der Waals surface area contributed by atoms with E-state index in [1.54, 1.807) is 19.1 Å². The van der Waals surface area contributed by atoms with Crippen molar-refractivity contribution < 1.29 is 9.72 Å². The maximum Gasteiger partial charge on any atom is 0.277 e. The van der Waals surface area contributed by atoms with Crippen LogP contribution < -0.4 is 0 Å². The van der Waals surface area contributed by atoms with E-state index in [2.05, 4.69) is 0 Å². The second-order valence-electron chi connectivity index (χ2n) is 5.44. The van der Waals surface area contributed by atoms with E-state index in [-0.39, 0.29) is 16.4 Å². The van der Waals surface area contributed by atoms with Gasteiger partial charge in [0, 0.05) is 17.0 Å². The molecule has 0 aliphatic carbocycles. The van der Waals surface area contributed by atoms with E-state index < -0.39 is 0 Å². The molecule has 4 aromatic rings. The predicted octanol–water partition coefficient (Wildman–Crippen LogP) is 4.69. The molecule has 0 aliphatic heterocycles. The first-order valence-electron chi connectivity index (χ1n) is 6.94. The van der Waals surface area contributed by atoms with Gasteiger partial charge in [-0.2, -0.15) is 0 Å². The lowest BCUT2D eigenvalue weighted by atomic mass is 9.90. The highest BCUT2D eigenvalue weighted by molar-refractivity contribution is 6.28. The summed E-state index contributed by atoms with van der Waals surface area (Å²) in [6, 6.07) is 14.5. The number of hydrogen-bond acceptors (Lipinski definition) is 3. The zero-order valence-corrected chi connectivity index (χ0v) is 11.8. The maximum atomic E-state index is 12.0. The monoisotopic (exact) mass is 289 g/mol. The quantitative estimate of drug-likeness (QED) is 0.233. The van der Waals surface area contributed by atoms with Gasteiger partial charge in [0.25, 0.3) is 5.69 Å². The number of carbonyl (C=O) groups is 1. The smallest absolute Gasteiger partial charge is 0.277 e. The molecule has 0 saturated carbocycles. The molecule has 0 unspecified atom stereocenters. The molecule has 4 heteroatoms. The van der Waals surface area contributed by atoms with E-state index in [1.807, 2.05) is 30.3 Å². The number of rotatable bonds is 2. The van der Waals surface area contributed by atoms with Gasteiger partial charge in [0.2, 0.25) is 0 Å². The second-order valence-corrected chi connectivity index (χ2v) is 5.44. The number of hydrogen-bond donors (Lipinski definition) is 0. The molecule has 0 radical (unpaired) electrons. The van der Waals surface area contributed by atoms with Crippen LogP contribution in [0, 0.1) is 10.1 Å². The Kier molecular flexibility index (Phi) is 2.45. The predicted molar refractivity (Wildman–Crippen MR) is 86.8 cm³/mol. The number of nitro benzene ring substituents is 1. The van der Waals surface area contributed by atoms with Crippen LogP contribution in [0.15, 0.2) is 48.5 Å². The van der Waals surface area contributed by atoms with Gasteiger partial charge in [-0.05, 0) is 46.7 Å². The number of ketones is 1. The molecule has 4 rings (SSSR count). The number of Topliss-reactive ketones (excluding diaryl/α,β-unsaturated/α-hetero) is 1. The van der Waals surface area contributed by atoms with Crippen molar-refractivity contribution in [1.29, 1.82) is 0 Å². The van der Waals surface area contributed by atoms with Crippen molar-refractivity contribution in [2.45, 2.75) is 6.92 Å². The van der Waals surface area contributed by atoms with Crippen molar-refractivity contribution in [2.75, 3.05) is 0 Å². The SMILES string of the molecule is CC(=O)c1cc2ccc([N+](=O)[O-])c3ccc4cccc1c4c23. The van der Waals surface area contributed by atoms with Gasteiger partial charge in [0.15, 0.2) is 5.78 Å². The fourth-order valence-electron chi connectivity index (χ4n) is 3.26. The van der Waals surface area contributed by atoms with Crippen LogP contribution in [-0.4, -0.2) is 10.7 Å². The molecule has 22 heavy (non-hydrogen) atoms. The first-order chi connectivity index (χ1) is 10.6. The van der Waals surface area contributed by atoms with Gasteiger partial charge < -0.3 is 0 Å². The maximum absolute atomic E-state index is 12.0. The molecule has 0 amide bonds. The molecule has 4 aromatic carbocycles. The summed E-state index contributed by atoms with van der Waals surface area (Å²) < 4.78 is 0. The minimum atomic E-state index is -0.363. The molecule has 0 N–H and O–H groups in total. The lowest BCUT2D eigenvalue weighted by molar-refractivity contribution is -0.383. The molecule has 0 aromatic heterocycles. The molecule has 0 atom stereocenters. The standard InChI is InChI=1S/C18H11NO3/c1-10(20)15-9-12-6-8-16(19(21)22)14-7-5-11-3-2-4-13(15)17(11)18(12)14/h2-9H,1H3. The Morgan fingerprint density at radius 1 is 0.955 bits per heavy atom. The highest BCUT2D eigenvalue weighted by atomic mass is 16.6. The number of nitro groups is 1. The number of benzene rings is 4. The van der Waals surface area contributed by atoms with Gasteiger partial charge >= 0.3 is 0 Å². The van der Waals surface area contributed by atoms with Crippen molar-refractivity contribution in [2.24, 2.45) is 0 Å². The van der Waals surface area contributed by atoms with Crippen LogP contribution in [-0.2, 0) is 0 Å².